The number of rotatable bonds is 3. The summed E-state index contributed by atoms with van der Waals surface area (Å²) < 4.78 is 22.7. The van der Waals surface area contributed by atoms with Gasteiger partial charge in [0.1, 0.15) is 5.75 Å². The Morgan fingerprint density at radius 1 is 1.09 bits per heavy atom. The molecular weight excluding hydrogens is 320 g/mol. The van der Waals surface area contributed by atoms with Crippen molar-refractivity contribution in [1.29, 1.82) is 0 Å². The summed E-state index contributed by atoms with van der Waals surface area (Å²) in [7, 11) is -3.96. The standard InChI is InChI=1S/C15H12N2O5S/c16-23(21,22)11-4-5-13-12(7-11)14(19)15(20)17(13)8-9-2-1-3-10(18)6-9/h1-7,18H,8H2,(H2,16,21,22). The molecule has 3 rings (SSSR count). The zero-order valence-electron chi connectivity index (χ0n) is 11.8. The first kappa shape index (κ1) is 15.2. The van der Waals surface area contributed by atoms with E-state index in [9.17, 15) is 23.1 Å². The number of hydrogen-bond acceptors (Lipinski definition) is 5. The summed E-state index contributed by atoms with van der Waals surface area (Å²) in [6, 6.07) is 10.0. The predicted molar refractivity (Wildman–Crippen MR) is 81.4 cm³/mol. The highest BCUT2D eigenvalue weighted by molar-refractivity contribution is 7.89. The number of hydrogen-bond donors (Lipinski definition) is 2. The van der Waals surface area contributed by atoms with E-state index in [1.165, 1.54) is 29.2 Å². The molecule has 0 radical (unpaired) electrons. The zero-order valence-corrected chi connectivity index (χ0v) is 12.6. The van der Waals surface area contributed by atoms with Gasteiger partial charge in [-0.25, -0.2) is 13.6 Å². The van der Waals surface area contributed by atoms with Crippen molar-refractivity contribution in [2.45, 2.75) is 11.4 Å². The lowest BCUT2D eigenvalue weighted by atomic mass is 10.1. The zero-order chi connectivity index (χ0) is 16.8. The van der Waals surface area contributed by atoms with Gasteiger partial charge < -0.3 is 10.0 Å². The van der Waals surface area contributed by atoms with Crippen LogP contribution in [-0.2, 0) is 21.4 Å². The van der Waals surface area contributed by atoms with Crippen LogP contribution in [0.2, 0.25) is 0 Å². The fourth-order valence-electron chi connectivity index (χ4n) is 2.45. The molecule has 7 nitrogen and oxygen atoms in total. The van der Waals surface area contributed by atoms with Gasteiger partial charge in [-0.2, -0.15) is 0 Å². The van der Waals surface area contributed by atoms with Gasteiger partial charge in [0.05, 0.1) is 22.7 Å². The van der Waals surface area contributed by atoms with Gasteiger partial charge in [0.2, 0.25) is 10.0 Å². The van der Waals surface area contributed by atoms with E-state index in [0.29, 0.717) is 11.3 Å². The summed E-state index contributed by atoms with van der Waals surface area (Å²) in [5, 5.41) is 14.5. The Bertz CT molecular complexity index is 937. The number of ketones is 1. The number of anilines is 1. The number of carbonyl (C=O) groups is 2. The van der Waals surface area contributed by atoms with Crippen LogP contribution < -0.4 is 10.0 Å². The molecule has 0 unspecified atom stereocenters. The number of nitrogens with zero attached hydrogens (tertiary/aromatic N) is 1. The third kappa shape index (κ3) is 2.69. The third-order valence-corrected chi connectivity index (χ3v) is 4.43. The molecule has 0 saturated heterocycles. The minimum absolute atomic E-state index is 0.00155. The minimum atomic E-state index is -3.96. The lowest BCUT2D eigenvalue weighted by molar-refractivity contribution is -0.114. The van der Waals surface area contributed by atoms with Crippen LogP contribution in [0.25, 0.3) is 0 Å². The number of fused-ring (bicyclic) bond motifs is 1. The molecule has 2 aromatic rings. The molecule has 1 amide bonds. The monoisotopic (exact) mass is 332 g/mol. The number of phenolic OH excluding ortho intramolecular Hbond substituents is 1. The van der Waals surface area contributed by atoms with Gasteiger partial charge in [-0.05, 0) is 35.9 Å². The van der Waals surface area contributed by atoms with Crippen LogP contribution in [0.5, 0.6) is 5.75 Å². The van der Waals surface area contributed by atoms with E-state index in [1.807, 2.05) is 0 Å². The fourth-order valence-corrected chi connectivity index (χ4v) is 2.99. The lowest BCUT2D eigenvalue weighted by Crippen LogP contribution is -2.29. The molecule has 0 aromatic heterocycles. The Morgan fingerprint density at radius 2 is 1.83 bits per heavy atom. The normalized spacial score (nSPS) is 14.2. The SMILES string of the molecule is NS(=O)(=O)c1ccc2c(c1)C(=O)C(=O)N2Cc1cccc(O)c1. The molecule has 0 aliphatic carbocycles. The van der Waals surface area contributed by atoms with E-state index in [2.05, 4.69) is 0 Å². The molecule has 1 heterocycles. The molecule has 23 heavy (non-hydrogen) atoms. The molecule has 1 aliphatic heterocycles. The number of primary sulfonamides is 1. The van der Waals surface area contributed by atoms with E-state index in [1.54, 1.807) is 12.1 Å². The first-order chi connectivity index (χ1) is 10.8. The number of amides is 1. The van der Waals surface area contributed by atoms with Gasteiger partial charge >= 0.3 is 0 Å². The molecule has 3 N–H and O–H groups in total. The summed E-state index contributed by atoms with van der Waals surface area (Å²) in [6.45, 7) is 0.0840. The summed E-state index contributed by atoms with van der Waals surface area (Å²) in [5.74, 6) is -1.49. The van der Waals surface area contributed by atoms with Gasteiger partial charge in [0.15, 0.2) is 0 Å². The van der Waals surface area contributed by atoms with Crippen molar-refractivity contribution in [2.24, 2.45) is 5.14 Å². The Balaban J connectivity index is 2.03. The number of sulfonamides is 1. The number of phenols is 1. The number of carbonyl (C=O) groups excluding carboxylic acids is 2. The Hall–Kier alpha value is -2.71. The molecule has 0 fully saturated rings. The van der Waals surface area contributed by atoms with E-state index in [-0.39, 0.29) is 22.8 Å². The smallest absolute Gasteiger partial charge is 0.299 e. The molecule has 0 atom stereocenters. The molecule has 1 aliphatic rings. The Morgan fingerprint density at radius 3 is 2.48 bits per heavy atom. The van der Waals surface area contributed by atoms with E-state index in [4.69, 9.17) is 5.14 Å². The molecule has 0 spiro atoms. The van der Waals surface area contributed by atoms with Crippen molar-refractivity contribution >= 4 is 27.4 Å². The second kappa shape index (κ2) is 5.18. The van der Waals surface area contributed by atoms with Crippen molar-refractivity contribution < 1.29 is 23.1 Å². The summed E-state index contributed by atoms with van der Waals surface area (Å²) in [6.07, 6.45) is 0. The molecular formula is C15H12N2O5S. The second-order valence-corrected chi connectivity index (χ2v) is 6.68. The van der Waals surface area contributed by atoms with Crippen molar-refractivity contribution in [3.05, 3.63) is 53.6 Å². The van der Waals surface area contributed by atoms with Gasteiger partial charge in [0, 0.05) is 0 Å². The quantitative estimate of drug-likeness (QED) is 0.805. The van der Waals surface area contributed by atoms with Crippen LogP contribution in [-0.4, -0.2) is 25.2 Å². The predicted octanol–water partition coefficient (Wildman–Crippen LogP) is 0.769. The molecule has 2 aromatic carbocycles. The van der Waals surface area contributed by atoms with Gasteiger partial charge in [-0.15, -0.1) is 0 Å². The fraction of sp³-hybridized carbons (Fsp3) is 0.0667. The van der Waals surface area contributed by atoms with E-state index < -0.39 is 21.7 Å². The third-order valence-electron chi connectivity index (χ3n) is 3.52. The maximum absolute atomic E-state index is 12.1. The van der Waals surface area contributed by atoms with Crippen molar-refractivity contribution in [2.75, 3.05) is 4.90 Å². The summed E-state index contributed by atoms with van der Waals surface area (Å²) in [4.78, 5) is 25.2. The number of nitrogens with two attached hydrogens (primary N) is 1. The van der Waals surface area contributed by atoms with E-state index >= 15 is 0 Å². The molecule has 0 saturated carbocycles. The largest absolute Gasteiger partial charge is 0.508 e. The average molecular weight is 332 g/mol. The van der Waals surface area contributed by atoms with Crippen molar-refractivity contribution in [3.63, 3.8) is 0 Å². The summed E-state index contributed by atoms with van der Waals surface area (Å²) in [5.41, 5.74) is 0.951. The van der Waals surface area contributed by atoms with Crippen LogP contribution in [0.3, 0.4) is 0 Å². The number of aromatic hydroxyl groups is 1. The van der Waals surface area contributed by atoms with Crippen molar-refractivity contribution in [1.82, 2.24) is 0 Å². The lowest BCUT2D eigenvalue weighted by Gasteiger charge is -2.16. The van der Waals surface area contributed by atoms with Gasteiger partial charge in [0.25, 0.3) is 11.7 Å². The maximum atomic E-state index is 12.1. The van der Waals surface area contributed by atoms with Crippen LogP contribution in [0.15, 0.2) is 47.4 Å². The first-order valence-electron chi connectivity index (χ1n) is 6.58. The molecule has 8 heteroatoms. The van der Waals surface area contributed by atoms with Gasteiger partial charge in [-0.3, -0.25) is 9.59 Å². The number of Topliss-reactive ketones (excluding diaryl/α,β-unsaturated/α-hetero) is 1. The van der Waals surface area contributed by atoms with Crippen LogP contribution in [0.1, 0.15) is 15.9 Å². The van der Waals surface area contributed by atoms with Crippen LogP contribution in [0, 0.1) is 0 Å². The van der Waals surface area contributed by atoms with Gasteiger partial charge in [-0.1, -0.05) is 12.1 Å². The average Bonchev–Trinajstić information content (AvgIpc) is 2.71. The highest BCUT2D eigenvalue weighted by atomic mass is 32.2. The highest BCUT2D eigenvalue weighted by Crippen LogP contribution is 2.32. The van der Waals surface area contributed by atoms with Crippen LogP contribution >= 0.6 is 0 Å². The topological polar surface area (TPSA) is 118 Å². The highest BCUT2D eigenvalue weighted by Gasteiger charge is 2.36. The molecule has 118 valence electrons. The van der Waals surface area contributed by atoms with Crippen LogP contribution in [0.4, 0.5) is 5.69 Å². The molecule has 0 bridgehead atoms. The van der Waals surface area contributed by atoms with E-state index in [0.717, 1.165) is 6.07 Å². The Kier molecular flexibility index (Phi) is 3.42. The summed E-state index contributed by atoms with van der Waals surface area (Å²) >= 11 is 0. The van der Waals surface area contributed by atoms with Crippen molar-refractivity contribution in [3.8, 4) is 5.75 Å². The maximum Gasteiger partial charge on any atom is 0.299 e. The minimum Gasteiger partial charge on any atom is -0.508 e. The Labute approximate surface area is 132 Å². The number of benzene rings is 2. The second-order valence-electron chi connectivity index (χ2n) is 5.11. The first-order valence-corrected chi connectivity index (χ1v) is 8.13.